The van der Waals surface area contributed by atoms with E-state index in [1.165, 1.54) is 0 Å². The minimum atomic E-state index is 0.203. The number of phenolic OH excluding ortho intramolecular Hbond substituents is 1. The van der Waals surface area contributed by atoms with Crippen molar-refractivity contribution in [3.63, 3.8) is 0 Å². The first-order valence-corrected chi connectivity index (χ1v) is 7.31. The van der Waals surface area contributed by atoms with Gasteiger partial charge in [0.1, 0.15) is 18.1 Å². The summed E-state index contributed by atoms with van der Waals surface area (Å²) in [5, 5.41) is 9.61. The van der Waals surface area contributed by atoms with Gasteiger partial charge in [-0.15, -0.1) is 0 Å². The van der Waals surface area contributed by atoms with Crippen molar-refractivity contribution in [3.05, 3.63) is 83.9 Å². The summed E-state index contributed by atoms with van der Waals surface area (Å²) >= 11 is 0. The highest BCUT2D eigenvalue weighted by atomic mass is 16.5. The van der Waals surface area contributed by atoms with Gasteiger partial charge in [-0.25, -0.2) is 0 Å². The molecule has 3 heteroatoms. The van der Waals surface area contributed by atoms with Crippen molar-refractivity contribution in [1.29, 1.82) is 0 Å². The maximum atomic E-state index is 11.2. The first-order chi connectivity index (χ1) is 11.3. The number of aromatic hydroxyl groups is 1. The maximum Gasteiger partial charge on any atom is 0.153 e. The second-order valence-electron chi connectivity index (χ2n) is 5.20. The molecule has 0 aliphatic rings. The lowest BCUT2D eigenvalue weighted by atomic mass is 10.0. The van der Waals surface area contributed by atoms with E-state index in [-0.39, 0.29) is 5.75 Å². The van der Waals surface area contributed by atoms with Crippen LogP contribution in [0, 0.1) is 0 Å². The molecule has 0 aliphatic heterocycles. The van der Waals surface area contributed by atoms with Crippen molar-refractivity contribution in [2.45, 2.75) is 6.61 Å². The highest BCUT2D eigenvalue weighted by Crippen LogP contribution is 2.29. The topological polar surface area (TPSA) is 46.5 Å². The number of ether oxygens (including phenoxy) is 1. The Bertz CT molecular complexity index is 810. The van der Waals surface area contributed by atoms with E-state index in [9.17, 15) is 9.90 Å². The van der Waals surface area contributed by atoms with E-state index in [0.29, 0.717) is 17.9 Å². The van der Waals surface area contributed by atoms with Crippen LogP contribution in [0.1, 0.15) is 15.9 Å². The largest absolute Gasteiger partial charge is 0.508 e. The third-order valence-corrected chi connectivity index (χ3v) is 3.56. The summed E-state index contributed by atoms with van der Waals surface area (Å²) < 4.78 is 5.81. The Morgan fingerprint density at radius 2 is 1.65 bits per heavy atom. The maximum absolute atomic E-state index is 11.2. The highest BCUT2D eigenvalue weighted by molar-refractivity contribution is 5.82. The monoisotopic (exact) mass is 304 g/mol. The van der Waals surface area contributed by atoms with Gasteiger partial charge < -0.3 is 9.84 Å². The van der Waals surface area contributed by atoms with Crippen LogP contribution in [0.5, 0.6) is 11.5 Å². The van der Waals surface area contributed by atoms with Crippen LogP contribution in [0.25, 0.3) is 11.1 Å². The van der Waals surface area contributed by atoms with Crippen LogP contribution in [0.15, 0.2) is 72.8 Å². The number of benzene rings is 3. The van der Waals surface area contributed by atoms with Crippen LogP contribution in [0.4, 0.5) is 0 Å². The van der Waals surface area contributed by atoms with Gasteiger partial charge in [-0.1, -0.05) is 48.5 Å². The summed E-state index contributed by atoms with van der Waals surface area (Å²) in [5.74, 6) is 0.735. The lowest BCUT2D eigenvalue weighted by Gasteiger charge is -2.11. The van der Waals surface area contributed by atoms with E-state index in [0.717, 1.165) is 23.0 Å². The number of phenols is 1. The number of rotatable bonds is 5. The van der Waals surface area contributed by atoms with Crippen LogP contribution >= 0.6 is 0 Å². The van der Waals surface area contributed by atoms with Crippen LogP contribution in [0.3, 0.4) is 0 Å². The summed E-state index contributed by atoms with van der Waals surface area (Å²) in [7, 11) is 0. The third kappa shape index (κ3) is 3.58. The normalized spacial score (nSPS) is 10.3. The Balaban J connectivity index is 1.89. The van der Waals surface area contributed by atoms with Crippen LogP contribution in [-0.2, 0) is 6.61 Å². The van der Waals surface area contributed by atoms with Gasteiger partial charge in [0.05, 0.1) is 5.56 Å². The quantitative estimate of drug-likeness (QED) is 0.708. The summed E-state index contributed by atoms with van der Waals surface area (Å²) in [4.78, 5) is 11.2. The highest BCUT2D eigenvalue weighted by Gasteiger charge is 2.07. The lowest BCUT2D eigenvalue weighted by Crippen LogP contribution is -1.98. The SMILES string of the molecule is O=Cc1ccc(-c2cccc(O)c2)cc1OCc1ccccc1. The van der Waals surface area contributed by atoms with E-state index in [2.05, 4.69) is 0 Å². The van der Waals surface area contributed by atoms with Gasteiger partial charge in [-0.3, -0.25) is 4.79 Å². The second kappa shape index (κ2) is 6.79. The fourth-order valence-corrected chi connectivity index (χ4v) is 2.36. The Hall–Kier alpha value is -3.07. The summed E-state index contributed by atoms with van der Waals surface area (Å²) in [5.41, 5.74) is 3.29. The molecular formula is C20H16O3. The summed E-state index contributed by atoms with van der Waals surface area (Å²) in [6.07, 6.45) is 0.784. The van der Waals surface area contributed by atoms with E-state index in [4.69, 9.17) is 4.74 Å². The molecule has 23 heavy (non-hydrogen) atoms. The molecule has 0 saturated heterocycles. The molecular weight excluding hydrogens is 288 g/mol. The van der Waals surface area contributed by atoms with Crippen LogP contribution in [0.2, 0.25) is 0 Å². The second-order valence-corrected chi connectivity index (χ2v) is 5.20. The van der Waals surface area contributed by atoms with Crippen molar-refractivity contribution in [1.82, 2.24) is 0 Å². The minimum Gasteiger partial charge on any atom is -0.508 e. The molecule has 0 atom stereocenters. The molecule has 0 amide bonds. The first-order valence-electron chi connectivity index (χ1n) is 7.31. The zero-order valence-electron chi connectivity index (χ0n) is 12.5. The van der Waals surface area contributed by atoms with Gasteiger partial charge in [-0.05, 0) is 41.0 Å². The molecule has 0 fully saturated rings. The summed E-state index contributed by atoms with van der Waals surface area (Å²) in [6, 6.07) is 22.2. The average molecular weight is 304 g/mol. The third-order valence-electron chi connectivity index (χ3n) is 3.56. The number of hydrogen-bond acceptors (Lipinski definition) is 3. The zero-order valence-corrected chi connectivity index (χ0v) is 12.5. The molecule has 0 heterocycles. The molecule has 0 bridgehead atoms. The van der Waals surface area contributed by atoms with Gasteiger partial charge in [0.25, 0.3) is 0 Å². The predicted octanol–water partition coefficient (Wildman–Crippen LogP) is 4.45. The molecule has 3 nitrogen and oxygen atoms in total. The van der Waals surface area contributed by atoms with Crippen molar-refractivity contribution in [3.8, 4) is 22.6 Å². The molecule has 0 radical (unpaired) electrons. The van der Waals surface area contributed by atoms with Gasteiger partial charge in [0.2, 0.25) is 0 Å². The Kier molecular flexibility index (Phi) is 4.39. The van der Waals surface area contributed by atoms with E-state index >= 15 is 0 Å². The molecule has 1 N–H and O–H groups in total. The van der Waals surface area contributed by atoms with E-state index in [1.807, 2.05) is 48.5 Å². The lowest BCUT2D eigenvalue weighted by molar-refractivity contribution is 0.111. The fraction of sp³-hybridized carbons (Fsp3) is 0.0500. The van der Waals surface area contributed by atoms with Crippen molar-refractivity contribution >= 4 is 6.29 Å². The van der Waals surface area contributed by atoms with Crippen LogP contribution < -0.4 is 4.74 Å². The molecule has 0 saturated carbocycles. The Morgan fingerprint density at radius 1 is 0.870 bits per heavy atom. The van der Waals surface area contributed by atoms with E-state index < -0.39 is 0 Å². The van der Waals surface area contributed by atoms with Gasteiger partial charge in [0.15, 0.2) is 6.29 Å². The Morgan fingerprint density at radius 3 is 2.39 bits per heavy atom. The molecule has 0 aromatic heterocycles. The molecule has 3 aromatic carbocycles. The molecule has 0 aliphatic carbocycles. The number of carbonyl (C=O) groups is 1. The smallest absolute Gasteiger partial charge is 0.153 e. The number of carbonyl (C=O) groups excluding carboxylic acids is 1. The standard InChI is InChI=1S/C20H16O3/c21-13-18-10-9-17(16-7-4-8-19(22)11-16)12-20(18)23-14-15-5-2-1-3-6-15/h1-13,22H,14H2. The number of hydrogen-bond donors (Lipinski definition) is 1. The molecule has 3 rings (SSSR count). The molecule has 0 unspecified atom stereocenters. The van der Waals surface area contributed by atoms with E-state index in [1.54, 1.807) is 24.3 Å². The van der Waals surface area contributed by atoms with Gasteiger partial charge in [0, 0.05) is 0 Å². The summed E-state index contributed by atoms with van der Waals surface area (Å²) in [6.45, 7) is 0.394. The van der Waals surface area contributed by atoms with Crippen molar-refractivity contribution in [2.75, 3.05) is 0 Å². The van der Waals surface area contributed by atoms with Crippen molar-refractivity contribution in [2.24, 2.45) is 0 Å². The molecule has 3 aromatic rings. The Labute approximate surface area is 134 Å². The minimum absolute atomic E-state index is 0.203. The molecule has 0 spiro atoms. The average Bonchev–Trinajstić information content (AvgIpc) is 2.60. The van der Waals surface area contributed by atoms with Gasteiger partial charge >= 0.3 is 0 Å². The van der Waals surface area contributed by atoms with Crippen molar-refractivity contribution < 1.29 is 14.6 Å². The molecule has 114 valence electrons. The zero-order chi connectivity index (χ0) is 16.1. The fourth-order valence-electron chi connectivity index (χ4n) is 2.36. The predicted molar refractivity (Wildman–Crippen MR) is 89.7 cm³/mol. The number of aldehydes is 1. The van der Waals surface area contributed by atoms with Crippen LogP contribution in [-0.4, -0.2) is 11.4 Å². The van der Waals surface area contributed by atoms with Gasteiger partial charge in [-0.2, -0.15) is 0 Å². The first kappa shape index (κ1) is 14.9.